The number of nitrogens with one attached hydrogen (secondary N) is 1. The second kappa shape index (κ2) is 5.61. The minimum Gasteiger partial charge on any atom is -0.399 e. The second-order valence-corrected chi connectivity index (χ2v) is 7.11. The van der Waals surface area contributed by atoms with Gasteiger partial charge in [0.2, 0.25) is 5.91 Å². The van der Waals surface area contributed by atoms with E-state index in [0.717, 1.165) is 0 Å². The lowest BCUT2D eigenvalue weighted by Gasteiger charge is -2.16. The van der Waals surface area contributed by atoms with Gasteiger partial charge in [-0.3, -0.25) is 4.79 Å². The van der Waals surface area contributed by atoms with Gasteiger partial charge in [0.15, 0.2) is 9.84 Å². The molecule has 1 rings (SSSR count). The van der Waals surface area contributed by atoms with E-state index in [0.29, 0.717) is 11.3 Å². The van der Waals surface area contributed by atoms with Gasteiger partial charge in [-0.1, -0.05) is 6.07 Å². The summed E-state index contributed by atoms with van der Waals surface area (Å²) in [6, 6.07) is 4.55. The maximum atomic E-state index is 12.4. The van der Waals surface area contributed by atoms with E-state index in [-0.39, 0.29) is 10.9 Å². The van der Waals surface area contributed by atoms with Crippen molar-refractivity contribution < 1.29 is 13.2 Å². The summed E-state index contributed by atoms with van der Waals surface area (Å²) >= 11 is 0. The molecule has 0 aliphatic heterocycles. The highest BCUT2D eigenvalue weighted by Crippen LogP contribution is 2.22. The van der Waals surface area contributed by atoms with Crippen LogP contribution in [0.3, 0.4) is 0 Å². The zero-order valence-corrected chi connectivity index (χ0v) is 12.4. The van der Waals surface area contributed by atoms with Gasteiger partial charge in [-0.2, -0.15) is 0 Å². The van der Waals surface area contributed by atoms with E-state index < -0.39 is 21.0 Å². The van der Waals surface area contributed by atoms with Crippen LogP contribution in [0.1, 0.15) is 26.3 Å². The first-order valence-corrected chi connectivity index (χ1v) is 7.61. The fourth-order valence-electron chi connectivity index (χ4n) is 1.66. The molecule has 0 aromatic heterocycles. The molecule has 0 aliphatic rings. The first-order valence-electron chi connectivity index (χ1n) is 6.06. The molecule has 0 aliphatic carbocycles. The molecule has 106 valence electrons. The number of anilines is 1. The van der Waals surface area contributed by atoms with Crippen LogP contribution in [0, 0.1) is 6.92 Å². The summed E-state index contributed by atoms with van der Waals surface area (Å²) < 4.78 is 24.8. The normalized spacial score (nSPS) is 13.3. The summed E-state index contributed by atoms with van der Waals surface area (Å²) in [5.41, 5.74) is 6.56. The topological polar surface area (TPSA) is 89.3 Å². The Morgan fingerprint density at radius 3 is 2.37 bits per heavy atom. The number of nitrogens with two attached hydrogens (primary N) is 1. The molecule has 0 radical (unpaired) electrons. The van der Waals surface area contributed by atoms with Crippen LogP contribution in [0.4, 0.5) is 5.69 Å². The van der Waals surface area contributed by atoms with Crippen LogP contribution in [-0.4, -0.2) is 25.6 Å². The molecule has 1 aromatic carbocycles. The zero-order chi connectivity index (χ0) is 14.8. The summed E-state index contributed by atoms with van der Waals surface area (Å²) in [6.45, 7) is 6.63. The monoisotopic (exact) mass is 284 g/mol. The van der Waals surface area contributed by atoms with Gasteiger partial charge in [0.05, 0.1) is 4.90 Å². The van der Waals surface area contributed by atoms with E-state index in [1.165, 1.54) is 13.0 Å². The maximum absolute atomic E-state index is 12.4. The Balaban J connectivity index is 3.17. The van der Waals surface area contributed by atoms with Crippen LogP contribution in [0.15, 0.2) is 23.1 Å². The zero-order valence-electron chi connectivity index (χ0n) is 11.6. The summed E-state index contributed by atoms with van der Waals surface area (Å²) in [4.78, 5) is 12.0. The summed E-state index contributed by atoms with van der Waals surface area (Å²) in [5, 5.41) is 1.46. The lowest BCUT2D eigenvalue weighted by atomic mass is 10.2. The van der Waals surface area contributed by atoms with E-state index in [4.69, 9.17) is 5.73 Å². The third kappa shape index (κ3) is 3.47. The molecule has 1 atom stereocenters. The SMILES string of the molecule is Cc1ccc(N)cc1S(=O)(=O)C(C)C(=O)NC(C)C. The van der Waals surface area contributed by atoms with Crippen LogP contribution in [0.25, 0.3) is 0 Å². The average Bonchev–Trinajstić information content (AvgIpc) is 2.30. The smallest absolute Gasteiger partial charge is 0.238 e. The first kappa shape index (κ1) is 15.5. The molecule has 0 bridgehead atoms. The number of benzene rings is 1. The molecule has 0 saturated carbocycles. The fourth-order valence-corrected chi connectivity index (χ4v) is 3.20. The minimum atomic E-state index is -3.73. The third-order valence-corrected chi connectivity index (χ3v) is 4.98. The molecule has 0 heterocycles. The van der Waals surface area contributed by atoms with Gasteiger partial charge in [-0.15, -0.1) is 0 Å². The first-order chi connectivity index (χ1) is 8.66. The predicted molar refractivity (Wildman–Crippen MR) is 75.5 cm³/mol. The molecule has 5 nitrogen and oxygen atoms in total. The Kier molecular flexibility index (Phi) is 4.57. The predicted octanol–water partition coefficient (Wildman–Crippen LogP) is 1.26. The van der Waals surface area contributed by atoms with E-state index in [2.05, 4.69) is 5.32 Å². The highest BCUT2D eigenvalue weighted by atomic mass is 32.2. The van der Waals surface area contributed by atoms with Crippen molar-refractivity contribution in [3.8, 4) is 0 Å². The van der Waals surface area contributed by atoms with E-state index in [1.54, 1.807) is 32.9 Å². The van der Waals surface area contributed by atoms with E-state index in [1.807, 2.05) is 0 Å². The molecule has 0 fully saturated rings. The number of hydrogen-bond donors (Lipinski definition) is 2. The van der Waals surface area contributed by atoms with Crippen molar-refractivity contribution in [1.29, 1.82) is 0 Å². The van der Waals surface area contributed by atoms with Gasteiger partial charge in [0.25, 0.3) is 0 Å². The summed E-state index contributed by atoms with van der Waals surface area (Å²) in [6.07, 6.45) is 0. The third-order valence-electron chi connectivity index (χ3n) is 2.78. The second-order valence-electron chi connectivity index (χ2n) is 4.88. The number of sulfone groups is 1. The van der Waals surface area contributed by atoms with Crippen LogP contribution in [0.2, 0.25) is 0 Å². The van der Waals surface area contributed by atoms with Crippen molar-refractivity contribution >= 4 is 21.4 Å². The number of amides is 1. The Labute approximate surface area is 114 Å². The fraction of sp³-hybridized carbons (Fsp3) is 0.462. The Bertz CT molecular complexity index is 580. The summed E-state index contributed by atoms with van der Waals surface area (Å²) in [5.74, 6) is -0.503. The van der Waals surface area contributed by atoms with Crippen molar-refractivity contribution in [2.24, 2.45) is 0 Å². The van der Waals surface area contributed by atoms with Crippen LogP contribution < -0.4 is 11.1 Å². The molecule has 3 N–H and O–H groups in total. The molecule has 0 saturated heterocycles. The van der Waals surface area contributed by atoms with Gasteiger partial charge in [0, 0.05) is 11.7 Å². The standard InChI is InChI=1S/C13H20N2O3S/c1-8(2)15-13(16)10(4)19(17,18)12-7-11(14)6-5-9(12)3/h5-8,10H,14H2,1-4H3,(H,15,16). The van der Waals surface area contributed by atoms with Crippen LogP contribution >= 0.6 is 0 Å². The van der Waals surface area contributed by atoms with Gasteiger partial charge < -0.3 is 11.1 Å². The summed E-state index contributed by atoms with van der Waals surface area (Å²) in [7, 11) is -3.73. The van der Waals surface area contributed by atoms with Crippen molar-refractivity contribution in [2.45, 2.75) is 43.9 Å². The number of carbonyl (C=O) groups is 1. The number of carbonyl (C=O) groups excluding carboxylic acids is 1. The molecule has 1 amide bonds. The van der Waals surface area contributed by atoms with Crippen molar-refractivity contribution in [2.75, 3.05) is 5.73 Å². The highest BCUT2D eigenvalue weighted by molar-refractivity contribution is 7.92. The van der Waals surface area contributed by atoms with Crippen molar-refractivity contribution in [3.05, 3.63) is 23.8 Å². The largest absolute Gasteiger partial charge is 0.399 e. The number of aryl methyl sites for hydroxylation is 1. The number of hydrogen-bond acceptors (Lipinski definition) is 4. The van der Waals surface area contributed by atoms with Crippen molar-refractivity contribution in [3.63, 3.8) is 0 Å². The average molecular weight is 284 g/mol. The molecule has 0 spiro atoms. The van der Waals surface area contributed by atoms with Crippen LogP contribution in [0.5, 0.6) is 0 Å². The van der Waals surface area contributed by atoms with Gasteiger partial charge in [-0.05, 0) is 45.4 Å². The van der Waals surface area contributed by atoms with Crippen molar-refractivity contribution in [1.82, 2.24) is 5.32 Å². The Morgan fingerprint density at radius 1 is 1.26 bits per heavy atom. The Hall–Kier alpha value is -1.56. The molecule has 1 unspecified atom stereocenters. The van der Waals surface area contributed by atoms with Gasteiger partial charge in [-0.25, -0.2) is 8.42 Å². The van der Waals surface area contributed by atoms with Gasteiger partial charge in [0.1, 0.15) is 5.25 Å². The van der Waals surface area contributed by atoms with Gasteiger partial charge >= 0.3 is 0 Å². The maximum Gasteiger partial charge on any atom is 0.238 e. The molecular formula is C13H20N2O3S. The molecule has 1 aromatic rings. The highest BCUT2D eigenvalue weighted by Gasteiger charge is 2.31. The van der Waals surface area contributed by atoms with E-state index >= 15 is 0 Å². The molecule has 6 heteroatoms. The number of nitrogen functional groups attached to an aromatic ring is 1. The minimum absolute atomic E-state index is 0.105. The lowest BCUT2D eigenvalue weighted by Crippen LogP contribution is -2.41. The lowest BCUT2D eigenvalue weighted by molar-refractivity contribution is -0.120. The number of rotatable bonds is 4. The molecule has 19 heavy (non-hydrogen) atoms. The van der Waals surface area contributed by atoms with Crippen LogP contribution in [-0.2, 0) is 14.6 Å². The quantitative estimate of drug-likeness (QED) is 0.815. The molecular weight excluding hydrogens is 264 g/mol. The van der Waals surface area contributed by atoms with E-state index in [9.17, 15) is 13.2 Å². The Morgan fingerprint density at radius 2 is 1.84 bits per heavy atom.